The van der Waals surface area contributed by atoms with E-state index in [0.717, 1.165) is 6.54 Å². The average Bonchev–Trinajstić information content (AvgIpc) is 3.22. The first kappa shape index (κ1) is 14.7. The molecular weight excluding hydrogens is 282 g/mol. The number of nitrogens with one attached hydrogen (secondary N) is 1. The van der Waals surface area contributed by atoms with Crippen LogP contribution in [0.1, 0.15) is 23.2 Å². The van der Waals surface area contributed by atoms with Gasteiger partial charge in [0.15, 0.2) is 0 Å². The molecule has 1 aromatic rings. The van der Waals surface area contributed by atoms with Crippen molar-refractivity contribution in [1.29, 1.82) is 0 Å². The zero-order chi connectivity index (χ0) is 14.7. The number of carbonyl (C=O) groups is 1. The van der Waals surface area contributed by atoms with Crippen LogP contribution in [-0.4, -0.2) is 41.9 Å². The zero-order valence-corrected chi connectivity index (χ0v) is 11.9. The summed E-state index contributed by atoms with van der Waals surface area (Å²) in [7, 11) is 2.03. The van der Waals surface area contributed by atoms with E-state index in [1.807, 2.05) is 7.05 Å². The van der Waals surface area contributed by atoms with Gasteiger partial charge in [-0.05, 0) is 32.0 Å². The van der Waals surface area contributed by atoms with Crippen LogP contribution < -0.4 is 5.32 Å². The van der Waals surface area contributed by atoms with E-state index in [2.05, 4.69) is 10.2 Å². The lowest BCUT2D eigenvalue weighted by atomic mass is 10.2. The maximum Gasteiger partial charge on any atom is 0.287 e. The number of hydrogen-bond acceptors (Lipinski definition) is 4. The predicted molar refractivity (Wildman–Crippen MR) is 76.1 cm³/mol. The number of rotatable bonds is 6. The van der Waals surface area contributed by atoms with Crippen LogP contribution in [0.25, 0.3) is 0 Å². The Morgan fingerprint density at radius 3 is 2.80 bits per heavy atom. The number of benzene rings is 1. The molecule has 0 atom stereocenters. The van der Waals surface area contributed by atoms with Crippen molar-refractivity contribution in [2.75, 3.05) is 20.1 Å². The molecular formula is C13H16ClN3O3. The number of halogens is 1. The lowest BCUT2D eigenvalue weighted by Gasteiger charge is -2.15. The minimum absolute atomic E-state index is 0.0299. The number of nitro benzene ring substituents is 1. The molecule has 20 heavy (non-hydrogen) atoms. The summed E-state index contributed by atoms with van der Waals surface area (Å²) in [5.41, 5.74) is 0.131. The molecule has 1 aliphatic carbocycles. The second kappa shape index (κ2) is 6.19. The second-order valence-corrected chi connectivity index (χ2v) is 5.30. The van der Waals surface area contributed by atoms with Gasteiger partial charge in [0, 0.05) is 30.8 Å². The third-order valence-corrected chi connectivity index (χ3v) is 3.63. The Hall–Kier alpha value is -1.66. The summed E-state index contributed by atoms with van der Waals surface area (Å²) in [6.07, 6.45) is 2.45. The normalized spacial score (nSPS) is 14.3. The van der Waals surface area contributed by atoms with Gasteiger partial charge in [0.1, 0.15) is 5.02 Å². The molecule has 1 amide bonds. The SMILES string of the molecule is CN(CCNC(=O)c1ccc([N+](=O)[O-])c(Cl)c1)C1CC1. The highest BCUT2D eigenvalue weighted by Gasteiger charge is 2.25. The van der Waals surface area contributed by atoms with Gasteiger partial charge in [-0.15, -0.1) is 0 Å². The first-order valence-electron chi connectivity index (χ1n) is 6.41. The van der Waals surface area contributed by atoms with Gasteiger partial charge in [-0.1, -0.05) is 11.6 Å². The van der Waals surface area contributed by atoms with Crippen molar-refractivity contribution in [3.63, 3.8) is 0 Å². The van der Waals surface area contributed by atoms with Crippen molar-refractivity contribution in [3.8, 4) is 0 Å². The smallest absolute Gasteiger partial charge is 0.287 e. The van der Waals surface area contributed by atoms with Crippen LogP contribution >= 0.6 is 11.6 Å². The molecule has 2 rings (SSSR count). The van der Waals surface area contributed by atoms with E-state index >= 15 is 0 Å². The van der Waals surface area contributed by atoms with E-state index in [9.17, 15) is 14.9 Å². The van der Waals surface area contributed by atoms with E-state index in [0.29, 0.717) is 18.2 Å². The Morgan fingerprint density at radius 1 is 1.55 bits per heavy atom. The van der Waals surface area contributed by atoms with Crippen molar-refractivity contribution in [3.05, 3.63) is 38.9 Å². The lowest BCUT2D eigenvalue weighted by Crippen LogP contribution is -2.33. The van der Waals surface area contributed by atoms with Gasteiger partial charge in [-0.3, -0.25) is 14.9 Å². The number of likely N-dealkylation sites (N-methyl/N-ethyl adjacent to an activating group) is 1. The van der Waals surface area contributed by atoms with Gasteiger partial charge < -0.3 is 10.2 Å². The fourth-order valence-electron chi connectivity index (χ4n) is 1.94. The highest BCUT2D eigenvalue weighted by molar-refractivity contribution is 6.33. The molecule has 0 bridgehead atoms. The van der Waals surface area contributed by atoms with Crippen molar-refractivity contribution < 1.29 is 9.72 Å². The molecule has 0 saturated heterocycles. The van der Waals surface area contributed by atoms with Crippen LogP contribution in [-0.2, 0) is 0 Å². The Morgan fingerprint density at radius 2 is 2.25 bits per heavy atom. The summed E-state index contributed by atoms with van der Waals surface area (Å²) in [6.45, 7) is 1.33. The molecule has 108 valence electrons. The van der Waals surface area contributed by atoms with Crippen LogP contribution in [0.4, 0.5) is 5.69 Å². The molecule has 0 aliphatic heterocycles. The van der Waals surface area contributed by atoms with Crippen molar-refractivity contribution in [1.82, 2.24) is 10.2 Å². The standard InChI is InChI=1S/C13H16ClN3O3/c1-16(10-3-4-10)7-6-15-13(18)9-2-5-12(17(19)20)11(14)8-9/h2,5,8,10H,3-4,6-7H2,1H3,(H,15,18). The molecule has 6 nitrogen and oxygen atoms in total. The Labute approximate surface area is 121 Å². The molecule has 1 aliphatic rings. The van der Waals surface area contributed by atoms with Crippen LogP contribution in [0.3, 0.4) is 0 Å². The monoisotopic (exact) mass is 297 g/mol. The van der Waals surface area contributed by atoms with Crippen LogP contribution in [0.5, 0.6) is 0 Å². The highest BCUT2D eigenvalue weighted by Crippen LogP contribution is 2.25. The average molecular weight is 298 g/mol. The summed E-state index contributed by atoms with van der Waals surface area (Å²) in [4.78, 5) is 24.2. The molecule has 7 heteroatoms. The molecule has 0 aromatic heterocycles. The molecule has 1 N–H and O–H groups in total. The maximum atomic E-state index is 11.9. The largest absolute Gasteiger partial charge is 0.351 e. The number of carbonyl (C=O) groups excluding carboxylic acids is 1. The van der Waals surface area contributed by atoms with Crippen LogP contribution in [0.2, 0.25) is 5.02 Å². The summed E-state index contributed by atoms with van der Waals surface area (Å²) >= 11 is 5.77. The molecule has 0 unspecified atom stereocenters. The van der Waals surface area contributed by atoms with Crippen LogP contribution in [0.15, 0.2) is 18.2 Å². The third-order valence-electron chi connectivity index (χ3n) is 3.33. The number of amides is 1. The van der Waals surface area contributed by atoms with Crippen molar-refractivity contribution in [2.24, 2.45) is 0 Å². The van der Waals surface area contributed by atoms with E-state index in [1.165, 1.54) is 31.0 Å². The van der Waals surface area contributed by atoms with Crippen molar-refractivity contribution >= 4 is 23.2 Å². The summed E-state index contributed by atoms with van der Waals surface area (Å²) in [5.74, 6) is -0.272. The highest BCUT2D eigenvalue weighted by atomic mass is 35.5. The fraction of sp³-hybridized carbons (Fsp3) is 0.462. The van der Waals surface area contributed by atoms with Crippen LogP contribution in [0, 0.1) is 10.1 Å². The predicted octanol–water partition coefficient (Wildman–Crippen LogP) is 2.07. The van der Waals surface area contributed by atoms with Gasteiger partial charge in [0.2, 0.25) is 0 Å². The van der Waals surface area contributed by atoms with Gasteiger partial charge in [-0.2, -0.15) is 0 Å². The minimum atomic E-state index is -0.575. The summed E-state index contributed by atoms with van der Waals surface area (Å²) in [5, 5.41) is 13.4. The Bertz CT molecular complexity index is 532. The molecule has 1 saturated carbocycles. The topological polar surface area (TPSA) is 75.5 Å². The summed E-state index contributed by atoms with van der Waals surface area (Å²) < 4.78 is 0. The zero-order valence-electron chi connectivity index (χ0n) is 11.1. The summed E-state index contributed by atoms with van der Waals surface area (Å²) in [6, 6.07) is 4.62. The fourth-order valence-corrected chi connectivity index (χ4v) is 2.19. The van der Waals surface area contributed by atoms with E-state index in [4.69, 9.17) is 11.6 Å². The number of hydrogen-bond donors (Lipinski definition) is 1. The molecule has 1 aromatic carbocycles. The first-order chi connectivity index (χ1) is 9.49. The van der Waals surface area contributed by atoms with Gasteiger partial charge in [0.25, 0.3) is 11.6 Å². The number of nitrogens with zero attached hydrogens (tertiary/aromatic N) is 2. The second-order valence-electron chi connectivity index (χ2n) is 4.89. The maximum absolute atomic E-state index is 11.9. The first-order valence-corrected chi connectivity index (χ1v) is 6.79. The molecule has 1 fully saturated rings. The molecule has 0 radical (unpaired) electrons. The van der Waals surface area contributed by atoms with Gasteiger partial charge in [-0.25, -0.2) is 0 Å². The minimum Gasteiger partial charge on any atom is -0.351 e. The Balaban J connectivity index is 1.88. The van der Waals surface area contributed by atoms with E-state index < -0.39 is 4.92 Å². The Kier molecular flexibility index (Phi) is 4.57. The molecule has 0 spiro atoms. The third kappa shape index (κ3) is 3.68. The van der Waals surface area contributed by atoms with Crippen molar-refractivity contribution in [2.45, 2.75) is 18.9 Å². The van der Waals surface area contributed by atoms with Gasteiger partial charge >= 0.3 is 0 Å². The lowest BCUT2D eigenvalue weighted by molar-refractivity contribution is -0.384. The van der Waals surface area contributed by atoms with E-state index in [1.54, 1.807) is 0 Å². The quantitative estimate of drug-likeness (QED) is 0.644. The number of nitro groups is 1. The molecule has 0 heterocycles. The van der Waals surface area contributed by atoms with Gasteiger partial charge in [0.05, 0.1) is 4.92 Å². The van der Waals surface area contributed by atoms with E-state index in [-0.39, 0.29) is 16.6 Å².